The maximum absolute atomic E-state index is 11.6. The maximum atomic E-state index is 11.6. The predicted octanol–water partition coefficient (Wildman–Crippen LogP) is 0.528. The summed E-state index contributed by atoms with van der Waals surface area (Å²) in [5.41, 5.74) is 4.81. The Bertz CT molecular complexity index is 428. The highest BCUT2D eigenvalue weighted by molar-refractivity contribution is 5.85. The highest BCUT2D eigenvalue weighted by Gasteiger charge is 2.25. The number of primary amides is 1. The molecule has 0 aliphatic rings. The van der Waals surface area contributed by atoms with Crippen LogP contribution in [0.2, 0.25) is 0 Å². The number of ether oxygens (including phenoxy) is 1. The van der Waals surface area contributed by atoms with E-state index >= 15 is 0 Å². The Kier molecular flexibility index (Phi) is 4.19. The Balaban J connectivity index is 2.77. The first-order valence-corrected chi connectivity index (χ1v) is 5.36. The van der Waals surface area contributed by atoms with Crippen LogP contribution in [-0.4, -0.2) is 27.8 Å². The summed E-state index contributed by atoms with van der Waals surface area (Å²) in [6.45, 7) is 5.15. The summed E-state index contributed by atoms with van der Waals surface area (Å²) in [5.74, 6) is -0.735. The lowest BCUT2D eigenvalue weighted by Gasteiger charge is -2.21. The van der Waals surface area contributed by atoms with Gasteiger partial charge in [0.05, 0.1) is 5.69 Å². The van der Waals surface area contributed by atoms with Crippen LogP contribution in [0, 0.1) is 0 Å². The number of hydrogen-bond acceptors (Lipinski definition) is 5. The van der Waals surface area contributed by atoms with E-state index in [-0.39, 0.29) is 5.69 Å². The molecule has 0 aliphatic heterocycles. The number of nitrogens with one attached hydrogen (secondary N) is 1. The lowest BCUT2D eigenvalue weighted by molar-refractivity contribution is -0.120. The van der Waals surface area contributed by atoms with Crippen molar-refractivity contribution in [3.63, 3.8) is 0 Å². The fourth-order valence-corrected chi connectivity index (χ4v) is 1.18. The Labute approximate surface area is 105 Å². The summed E-state index contributed by atoms with van der Waals surface area (Å²) in [4.78, 5) is 22.8. The third kappa shape index (κ3) is 4.36. The molecule has 0 saturated carbocycles. The number of alkyl carbamates (subject to hydrolysis) is 1. The molecule has 0 radical (unpaired) electrons. The highest BCUT2D eigenvalue weighted by atomic mass is 16.6. The molecule has 7 nitrogen and oxygen atoms in total. The largest absolute Gasteiger partial charge is 0.444 e. The number of aromatic nitrogens is 2. The third-order valence-electron chi connectivity index (χ3n) is 1.83. The van der Waals surface area contributed by atoms with Crippen LogP contribution in [0.5, 0.6) is 0 Å². The average molecular weight is 252 g/mol. The van der Waals surface area contributed by atoms with Crippen LogP contribution in [-0.2, 0) is 9.53 Å². The van der Waals surface area contributed by atoms with E-state index in [9.17, 15) is 9.59 Å². The first kappa shape index (κ1) is 13.9. The topological polar surface area (TPSA) is 107 Å². The average Bonchev–Trinajstić information content (AvgIpc) is 2.24. The van der Waals surface area contributed by atoms with Gasteiger partial charge >= 0.3 is 6.09 Å². The summed E-state index contributed by atoms with van der Waals surface area (Å²) in [5, 5.41) is 9.70. The quantitative estimate of drug-likeness (QED) is 0.815. The molecular formula is C11H16N4O3. The molecule has 1 unspecified atom stereocenters. The van der Waals surface area contributed by atoms with E-state index in [1.807, 2.05) is 0 Å². The van der Waals surface area contributed by atoms with Crippen LogP contribution in [0.1, 0.15) is 32.5 Å². The normalized spacial score (nSPS) is 12.6. The number of nitrogens with zero attached hydrogens (tertiary/aromatic N) is 2. The molecule has 1 rings (SSSR count). The van der Waals surface area contributed by atoms with Crippen molar-refractivity contribution in [3.05, 3.63) is 24.0 Å². The number of carbonyl (C=O) groups is 2. The summed E-state index contributed by atoms with van der Waals surface area (Å²) >= 11 is 0. The van der Waals surface area contributed by atoms with Gasteiger partial charge in [0, 0.05) is 6.20 Å². The molecule has 1 atom stereocenters. The van der Waals surface area contributed by atoms with E-state index in [2.05, 4.69) is 15.5 Å². The summed E-state index contributed by atoms with van der Waals surface area (Å²) in [6, 6.07) is 2.07. The molecule has 3 N–H and O–H groups in total. The first-order valence-electron chi connectivity index (χ1n) is 5.36. The van der Waals surface area contributed by atoms with Gasteiger partial charge in [-0.15, -0.1) is 0 Å². The smallest absolute Gasteiger partial charge is 0.408 e. The van der Waals surface area contributed by atoms with Crippen molar-refractivity contribution in [2.75, 3.05) is 0 Å². The molecule has 1 aromatic rings. The van der Waals surface area contributed by atoms with Gasteiger partial charge in [0.1, 0.15) is 5.60 Å². The van der Waals surface area contributed by atoms with Crippen molar-refractivity contribution in [2.24, 2.45) is 5.73 Å². The minimum atomic E-state index is -1.06. The van der Waals surface area contributed by atoms with Crippen molar-refractivity contribution in [1.82, 2.24) is 15.5 Å². The van der Waals surface area contributed by atoms with E-state index in [0.717, 1.165) is 0 Å². The Morgan fingerprint density at radius 3 is 2.56 bits per heavy atom. The lowest BCUT2D eigenvalue weighted by atomic mass is 10.2. The molecule has 18 heavy (non-hydrogen) atoms. The fraction of sp³-hybridized carbons (Fsp3) is 0.455. The van der Waals surface area contributed by atoms with Crippen LogP contribution in [0.15, 0.2) is 18.3 Å². The van der Waals surface area contributed by atoms with E-state index in [1.165, 1.54) is 6.20 Å². The molecule has 2 amide bonds. The van der Waals surface area contributed by atoms with Crippen LogP contribution in [0.25, 0.3) is 0 Å². The molecular weight excluding hydrogens is 236 g/mol. The van der Waals surface area contributed by atoms with Crippen LogP contribution >= 0.6 is 0 Å². The van der Waals surface area contributed by atoms with E-state index < -0.39 is 23.6 Å². The molecule has 98 valence electrons. The molecule has 1 aromatic heterocycles. The van der Waals surface area contributed by atoms with Crippen molar-refractivity contribution in [2.45, 2.75) is 32.4 Å². The third-order valence-corrected chi connectivity index (χ3v) is 1.83. The van der Waals surface area contributed by atoms with Gasteiger partial charge < -0.3 is 15.8 Å². The van der Waals surface area contributed by atoms with Gasteiger partial charge in [-0.2, -0.15) is 10.2 Å². The SMILES string of the molecule is CC(C)(C)OC(=O)NC(C(N)=O)c1cccnn1. The van der Waals surface area contributed by atoms with Gasteiger partial charge in [-0.25, -0.2) is 4.79 Å². The van der Waals surface area contributed by atoms with Crippen molar-refractivity contribution < 1.29 is 14.3 Å². The van der Waals surface area contributed by atoms with Gasteiger partial charge in [-0.3, -0.25) is 4.79 Å². The van der Waals surface area contributed by atoms with E-state index in [1.54, 1.807) is 32.9 Å². The van der Waals surface area contributed by atoms with E-state index in [0.29, 0.717) is 0 Å². The number of nitrogens with two attached hydrogens (primary N) is 1. The Hall–Kier alpha value is -2.18. The molecule has 0 aliphatic carbocycles. The van der Waals surface area contributed by atoms with Crippen LogP contribution in [0.4, 0.5) is 4.79 Å². The molecule has 1 heterocycles. The second-order valence-corrected chi connectivity index (χ2v) is 4.63. The first-order chi connectivity index (χ1) is 8.29. The van der Waals surface area contributed by atoms with Gasteiger partial charge in [-0.1, -0.05) is 0 Å². The zero-order chi connectivity index (χ0) is 13.8. The van der Waals surface area contributed by atoms with Crippen molar-refractivity contribution >= 4 is 12.0 Å². The number of carbonyl (C=O) groups excluding carboxylic acids is 2. The summed E-state index contributed by atoms with van der Waals surface area (Å²) in [7, 11) is 0. The monoisotopic (exact) mass is 252 g/mol. The fourth-order valence-electron chi connectivity index (χ4n) is 1.18. The zero-order valence-electron chi connectivity index (χ0n) is 10.5. The van der Waals surface area contributed by atoms with Gasteiger partial charge in [-0.05, 0) is 32.9 Å². The summed E-state index contributed by atoms with van der Waals surface area (Å²) < 4.78 is 5.03. The molecule has 0 saturated heterocycles. The Morgan fingerprint density at radius 1 is 1.44 bits per heavy atom. The molecule has 0 bridgehead atoms. The lowest BCUT2D eigenvalue weighted by Crippen LogP contribution is -2.41. The minimum Gasteiger partial charge on any atom is -0.444 e. The molecule has 0 spiro atoms. The van der Waals surface area contributed by atoms with Crippen molar-refractivity contribution in [3.8, 4) is 0 Å². The predicted molar refractivity (Wildman–Crippen MR) is 63.3 cm³/mol. The number of hydrogen-bond donors (Lipinski definition) is 2. The van der Waals surface area contributed by atoms with E-state index in [4.69, 9.17) is 10.5 Å². The van der Waals surface area contributed by atoms with Crippen LogP contribution in [0.3, 0.4) is 0 Å². The van der Waals surface area contributed by atoms with Gasteiger partial charge in [0.25, 0.3) is 0 Å². The zero-order valence-corrected chi connectivity index (χ0v) is 10.5. The van der Waals surface area contributed by atoms with Gasteiger partial charge in [0.15, 0.2) is 6.04 Å². The van der Waals surface area contributed by atoms with Crippen LogP contribution < -0.4 is 11.1 Å². The standard InChI is InChI=1S/C11H16N4O3/c1-11(2,3)18-10(17)14-8(9(12)16)7-5-4-6-13-15-7/h4-6,8H,1-3H3,(H2,12,16)(H,14,17). The Morgan fingerprint density at radius 2 is 2.11 bits per heavy atom. The van der Waals surface area contributed by atoms with Crippen molar-refractivity contribution in [1.29, 1.82) is 0 Å². The minimum absolute atomic E-state index is 0.260. The number of rotatable bonds is 3. The summed E-state index contributed by atoms with van der Waals surface area (Å²) in [6.07, 6.45) is 0.714. The molecule has 0 fully saturated rings. The number of amides is 2. The highest BCUT2D eigenvalue weighted by Crippen LogP contribution is 2.11. The second kappa shape index (κ2) is 5.44. The maximum Gasteiger partial charge on any atom is 0.408 e. The molecule has 7 heteroatoms. The van der Waals surface area contributed by atoms with Gasteiger partial charge in [0.2, 0.25) is 5.91 Å². The molecule has 0 aromatic carbocycles. The second-order valence-electron chi connectivity index (χ2n) is 4.63.